The first-order valence-corrected chi connectivity index (χ1v) is 5.84. The third kappa shape index (κ3) is 2.65. The van der Waals surface area contributed by atoms with Crippen LogP contribution in [0, 0.1) is 0 Å². The molecular formula is C13H17N3O. The fourth-order valence-electron chi connectivity index (χ4n) is 1.81. The monoisotopic (exact) mass is 231 g/mol. The Bertz CT molecular complexity index is 518. The first-order valence-electron chi connectivity index (χ1n) is 5.84. The third-order valence-corrected chi connectivity index (χ3v) is 2.76. The quantitative estimate of drug-likeness (QED) is 0.755. The van der Waals surface area contributed by atoms with Gasteiger partial charge in [0.25, 0.3) is 0 Å². The lowest BCUT2D eigenvalue weighted by atomic mass is 10.1. The number of nitrogens with two attached hydrogens (primary N) is 1. The van der Waals surface area contributed by atoms with E-state index in [0.717, 1.165) is 23.0 Å². The Morgan fingerprint density at radius 1 is 1.47 bits per heavy atom. The number of fused-ring (bicyclic) bond motifs is 1. The number of aromatic amines is 1. The maximum absolute atomic E-state index is 11.7. The van der Waals surface area contributed by atoms with Crippen LogP contribution in [0.25, 0.3) is 10.9 Å². The smallest absolute Gasteiger partial charge is 0.241 e. The van der Waals surface area contributed by atoms with Crippen molar-refractivity contribution in [3.8, 4) is 0 Å². The number of carbonyl (C=O) groups excluding carboxylic acids is 1. The van der Waals surface area contributed by atoms with Gasteiger partial charge in [-0.3, -0.25) is 4.79 Å². The zero-order chi connectivity index (χ0) is 12.3. The number of aromatic nitrogens is 1. The molecule has 1 aromatic heterocycles. The van der Waals surface area contributed by atoms with Gasteiger partial charge in [-0.15, -0.1) is 0 Å². The van der Waals surface area contributed by atoms with Crippen molar-refractivity contribution in [3.63, 3.8) is 0 Å². The Morgan fingerprint density at radius 2 is 2.29 bits per heavy atom. The van der Waals surface area contributed by atoms with Crippen LogP contribution in [0.3, 0.4) is 0 Å². The second-order valence-electron chi connectivity index (χ2n) is 4.16. The van der Waals surface area contributed by atoms with E-state index < -0.39 is 6.04 Å². The number of benzene rings is 1. The number of anilines is 1. The van der Waals surface area contributed by atoms with Gasteiger partial charge in [0.1, 0.15) is 0 Å². The van der Waals surface area contributed by atoms with Crippen LogP contribution in [0.4, 0.5) is 5.69 Å². The molecule has 1 atom stereocenters. The maximum Gasteiger partial charge on any atom is 0.241 e. The summed E-state index contributed by atoms with van der Waals surface area (Å²) in [5.41, 5.74) is 7.59. The molecule has 0 aliphatic carbocycles. The van der Waals surface area contributed by atoms with E-state index in [9.17, 15) is 4.79 Å². The average Bonchev–Trinajstić information content (AvgIpc) is 2.76. The van der Waals surface area contributed by atoms with Gasteiger partial charge in [0.05, 0.1) is 6.04 Å². The van der Waals surface area contributed by atoms with Gasteiger partial charge in [-0.05, 0) is 30.7 Å². The van der Waals surface area contributed by atoms with Crippen LogP contribution in [0.5, 0.6) is 0 Å². The number of rotatable bonds is 4. The van der Waals surface area contributed by atoms with E-state index in [-0.39, 0.29) is 5.91 Å². The molecule has 4 nitrogen and oxygen atoms in total. The highest BCUT2D eigenvalue weighted by Crippen LogP contribution is 2.17. The van der Waals surface area contributed by atoms with Crippen molar-refractivity contribution in [2.24, 2.45) is 5.73 Å². The Labute approximate surface area is 100 Å². The fraction of sp³-hybridized carbons (Fsp3) is 0.308. The maximum atomic E-state index is 11.7. The highest BCUT2D eigenvalue weighted by Gasteiger charge is 2.12. The molecule has 1 aromatic carbocycles. The highest BCUT2D eigenvalue weighted by atomic mass is 16.2. The zero-order valence-electron chi connectivity index (χ0n) is 9.86. The molecule has 4 N–H and O–H groups in total. The van der Waals surface area contributed by atoms with Crippen LogP contribution in [0.1, 0.15) is 19.8 Å². The summed E-state index contributed by atoms with van der Waals surface area (Å²) >= 11 is 0. The molecule has 1 heterocycles. The summed E-state index contributed by atoms with van der Waals surface area (Å²) in [6.45, 7) is 2.01. The molecule has 2 rings (SSSR count). The molecule has 0 aliphatic heterocycles. The topological polar surface area (TPSA) is 70.9 Å². The first kappa shape index (κ1) is 11.7. The van der Waals surface area contributed by atoms with Crippen molar-refractivity contribution >= 4 is 22.5 Å². The Kier molecular flexibility index (Phi) is 3.44. The molecule has 0 radical (unpaired) electrons. The van der Waals surface area contributed by atoms with Gasteiger partial charge in [-0.2, -0.15) is 0 Å². The minimum atomic E-state index is -0.429. The molecule has 0 saturated carbocycles. The Morgan fingerprint density at radius 3 is 3.06 bits per heavy atom. The Balaban J connectivity index is 2.09. The number of hydrogen-bond acceptors (Lipinski definition) is 2. The molecule has 4 heteroatoms. The molecule has 17 heavy (non-hydrogen) atoms. The Hall–Kier alpha value is -1.81. The predicted molar refractivity (Wildman–Crippen MR) is 69.8 cm³/mol. The van der Waals surface area contributed by atoms with Crippen molar-refractivity contribution in [3.05, 3.63) is 30.5 Å². The van der Waals surface area contributed by atoms with Gasteiger partial charge < -0.3 is 16.0 Å². The summed E-state index contributed by atoms with van der Waals surface area (Å²) in [7, 11) is 0. The van der Waals surface area contributed by atoms with Crippen LogP contribution in [-0.2, 0) is 4.79 Å². The minimum absolute atomic E-state index is 0.123. The number of carbonyl (C=O) groups is 1. The SMILES string of the molecule is CCCC(N)C(=O)Nc1ccc2[nH]ccc2c1. The van der Waals surface area contributed by atoms with E-state index in [1.807, 2.05) is 37.4 Å². The van der Waals surface area contributed by atoms with Gasteiger partial charge in [0, 0.05) is 22.8 Å². The molecular weight excluding hydrogens is 214 g/mol. The van der Waals surface area contributed by atoms with Crippen molar-refractivity contribution in [1.29, 1.82) is 0 Å². The van der Waals surface area contributed by atoms with Gasteiger partial charge in [0.2, 0.25) is 5.91 Å². The molecule has 0 saturated heterocycles. The van der Waals surface area contributed by atoms with E-state index in [4.69, 9.17) is 5.73 Å². The van der Waals surface area contributed by atoms with Crippen LogP contribution in [0.2, 0.25) is 0 Å². The second kappa shape index (κ2) is 5.01. The summed E-state index contributed by atoms with van der Waals surface area (Å²) in [4.78, 5) is 14.8. The van der Waals surface area contributed by atoms with Crippen molar-refractivity contribution in [2.45, 2.75) is 25.8 Å². The van der Waals surface area contributed by atoms with E-state index in [2.05, 4.69) is 10.3 Å². The minimum Gasteiger partial charge on any atom is -0.361 e. The van der Waals surface area contributed by atoms with Crippen LogP contribution in [-0.4, -0.2) is 16.9 Å². The van der Waals surface area contributed by atoms with Gasteiger partial charge in [0.15, 0.2) is 0 Å². The van der Waals surface area contributed by atoms with Crippen molar-refractivity contribution in [1.82, 2.24) is 4.98 Å². The average molecular weight is 231 g/mol. The summed E-state index contributed by atoms with van der Waals surface area (Å²) in [5, 5.41) is 3.91. The molecule has 0 bridgehead atoms. The predicted octanol–water partition coefficient (Wildman–Crippen LogP) is 2.23. The highest BCUT2D eigenvalue weighted by molar-refractivity contribution is 5.96. The summed E-state index contributed by atoms with van der Waals surface area (Å²) in [5.74, 6) is -0.123. The lowest BCUT2D eigenvalue weighted by Crippen LogP contribution is -2.35. The lowest BCUT2D eigenvalue weighted by molar-refractivity contribution is -0.117. The summed E-state index contributed by atoms with van der Waals surface area (Å²) < 4.78 is 0. The van der Waals surface area contributed by atoms with E-state index in [1.165, 1.54) is 0 Å². The van der Waals surface area contributed by atoms with Crippen LogP contribution < -0.4 is 11.1 Å². The number of nitrogens with one attached hydrogen (secondary N) is 2. The fourth-order valence-corrected chi connectivity index (χ4v) is 1.81. The van der Waals surface area contributed by atoms with Gasteiger partial charge in [-0.1, -0.05) is 13.3 Å². The zero-order valence-corrected chi connectivity index (χ0v) is 9.86. The molecule has 2 aromatic rings. The molecule has 0 aliphatic rings. The third-order valence-electron chi connectivity index (χ3n) is 2.76. The van der Waals surface area contributed by atoms with Gasteiger partial charge >= 0.3 is 0 Å². The number of H-pyrrole nitrogens is 1. The normalized spacial score (nSPS) is 12.6. The standard InChI is InChI=1S/C13H17N3O/c1-2-3-11(14)13(17)16-10-4-5-12-9(8-10)6-7-15-12/h4-8,11,15H,2-3,14H2,1H3,(H,16,17). The van der Waals surface area contributed by atoms with Crippen LogP contribution in [0.15, 0.2) is 30.5 Å². The van der Waals surface area contributed by atoms with Crippen LogP contribution >= 0.6 is 0 Å². The lowest BCUT2D eigenvalue weighted by Gasteiger charge is -2.11. The molecule has 90 valence electrons. The first-order chi connectivity index (χ1) is 8.20. The van der Waals surface area contributed by atoms with Crippen molar-refractivity contribution in [2.75, 3.05) is 5.32 Å². The second-order valence-corrected chi connectivity index (χ2v) is 4.16. The number of hydrogen-bond donors (Lipinski definition) is 3. The molecule has 0 fully saturated rings. The van der Waals surface area contributed by atoms with E-state index in [0.29, 0.717) is 6.42 Å². The van der Waals surface area contributed by atoms with E-state index in [1.54, 1.807) is 0 Å². The van der Waals surface area contributed by atoms with Crippen molar-refractivity contribution < 1.29 is 4.79 Å². The van der Waals surface area contributed by atoms with Gasteiger partial charge in [-0.25, -0.2) is 0 Å². The summed E-state index contributed by atoms with van der Waals surface area (Å²) in [6.07, 6.45) is 3.49. The molecule has 1 unspecified atom stereocenters. The molecule has 0 spiro atoms. The van der Waals surface area contributed by atoms with E-state index >= 15 is 0 Å². The molecule has 1 amide bonds. The number of amides is 1. The summed E-state index contributed by atoms with van der Waals surface area (Å²) in [6, 6.07) is 7.28. The largest absolute Gasteiger partial charge is 0.361 e.